The number of piperidine rings is 1. The molecule has 24 heavy (non-hydrogen) atoms. The topological polar surface area (TPSA) is 91.7 Å². The molecular weight excluding hydrogens is 300 g/mol. The number of nitrogens with two attached hydrogens (primary N) is 1. The van der Waals surface area contributed by atoms with Crippen molar-refractivity contribution >= 4 is 11.8 Å². The molecule has 1 aliphatic heterocycles. The van der Waals surface area contributed by atoms with Crippen LogP contribution in [0.15, 0.2) is 24.5 Å². The second-order valence-electron chi connectivity index (χ2n) is 5.77. The van der Waals surface area contributed by atoms with E-state index in [0.717, 1.165) is 42.0 Å². The average molecular weight is 318 g/mol. The first-order valence-corrected chi connectivity index (χ1v) is 7.88. The number of aryl methyl sites for hydroxylation is 1. The van der Waals surface area contributed by atoms with Gasteiger partial charge in [0, 0.05) is 31.0 Å². The average Bonchev–Trinajstić information content (AvgIpc) is 2.61. The van der Waals surface area contributed by atoms with E-state index in [4.69, 9.17) is 5.73 Å². The summed E-state index contributed by atoms with van der Waals surface area (Å²) in [4.78, 5) is 14.8. The van der Waals surface area contributed by atoms with E-state index in [9.17, 15) is 5.26 Å². The van der Waals surface area contributed by atoms with Crippen molar-refractivity contribution in [2.45, 2.75) is 19.8 Å². The summed E-state index contributed by atoms with van der Waals surface area (Å²) in [5.41, 5.74) is 8.16. The van der Waals surface area contributed by atoms with Gasteiger partial charge in [-0.2, -0.15) is 10.2 Å². The third kappa shape index (κ3) is 3.44. The summed E-state index contributed by atoms with van der Waals surface area (Å²) in [6.07, 6.45) is 5.30. The maximum absolute atomic E-state index is 9.22. The molecule has 0 bridgehead atoms. The number of rotatable bonds is 1. The first-order valence-electron chi connectivity index (χ1n) is 7.88. The predicted octanol–water partition coefficient (Wildman–Crippen LogP) is 1.90. The van der Waals surface area contributed by atoms with Crippen molar-refractivity contribution in [3.63, 3.8) is 0 Å². The summed E-state index contributed by atoms with van der Waals surface area (Å²) < 4.78 is 0. The molecule has 1 aliphatic rings. The number of anilines is 2. The molecule has 3 rings (SSSR count). The molecule has 0 aliphatic carbocycles. The van der Waals surface area contributed by atoms with Crippen LogP contribution in [0.25, 0.3) is 0 Å². The van der Waals surface area contributed by atoms with E-state index >= 15 is 0 Å². The lowest BCUT2D eigenvalue weighted by Crippen LogP contribution is -2.36. The maximum atomic E-state index is 9.22. The van der Waals surface area contributed by atoms with E-state index in [1.807, 2.05) is 19.1 Å². The molecule has 0 saturated carbocycles. The third-order valence-electron chi connectivity index (χ3n) is 3.98. The fourth-order valence-electron chi connectivity index (χ4n) is 2.80. The minimum atomic E-state index is 0.00868. The van der Waals surface area contributed by atoms with Gasteiger partial charge < -0.3 is 10.6 Å². The standard InChI is InChI=1S/C18H18N6/c1-13-16(7-6-14-4-2-8-21-11-14)17(23-18(20)22-13)24-9-3-5-15(10-19)12-24/h2,4,8,11,15H,3,5,9,12H2,1H3,(H2,20,22,23). The summed E-state index contributed by atoms with van der Waals surface area (Å²) in [6, 6.07) is 6.10. The van der Waals surface area contributed by atoms with Crippen LogP contribution in [-0.4, -0.2) is 28.0 Å². The van der Waals surface area contributed by atoms with Crippen molar-refractivity contribution in [2.75, 3.05) is 23.7 Å². The number of aromatic nitrogens is 3. The van der Waals surface area contributed by atoms with Crippen LogP contribution in [-0.2, 0) is 0 Å². The number of nitrogen functional groups attached to an aromatic ring is 1. The smallest absolute Gasteiger partial charge is 0.222 e. The van der Waals surface area contributed by atoms with Gasteiger partial charge in [-0.15, -0.1) is 0 Å². The predicted molar refractivity (Wildman–Crippen MR) is 91.9 cm³/mol. The Hall–Kier alpha value is -3.12. The summed E-state index contributed by atoms with van der Waals surface area (Å²) >= 11 is 0. The second kappa shape index (κ2) is 6.97. The van der Waals surface area contributed by atoms with Crippen LogP contribution in [0.3, 0.4) is 0 Å². The number of hydrogen-bond donors (Lipinski definition) is 1. The molecule has 0 aromatic carbocycles. The van der Waals surface area contributed by atoms with E-state index in [-0.39, 0.29) is 11.9 Å². The Labute approximate surface area is 141 Å². The highest BCUT2D eigenvalue weighted by Crippen LogP contribution is 2.26. The molecule has 0 amide bonds. The van der Waals surface area contributed by atoms with E-state index in [1.54, 1.807) is 12.4 Å². The number of nitriles is 1. The molecular formula is C18H18N6. The lowest BCUT2D eigenvalue weighted by atomic mass is 9.99. The normalized spacial score (nSPS) is 16.8. The highest BCUT2D eigenvalue weighted by molar-refractivity contribution is 5.61. The van der Waals surface area contributed by atoms with Gasteiger partial charge in [0.1, 0.15) is 5.82 Å². The van der Waals surface area contributed by atoms with Crippen LogP contribution in [0.4, 0.5) is 11.8 Å². The molecule has 1 fully saturated rings. The van der Waals surface area contributed by atoms with Crippen molar-refractivity contribution in [1.29, 1.82) is 5.26 Å². The minimum Gasteiger partial charge on any atom is -0.368 e. The van der Waals surface area contributed by atoms with Crippen LogP contribution >= 0.6 is 0 Å². The molecule has 2 N–H and O–H groups in total. The van der Waals surface area contributed by atoms with Crippen LogP contribution in [0, 0.1) is 36.0 Å². The first-order chi connectivity index (χ1) is 11.7. The Balaban J connectivity index is 2.00. The molecule has 2 aromatic heterocycles. The Morgan fingerprint density at radius 1 is 1.33 bits per heavy atom. The molecule has 0 spiro atoms. The number of pyridine rings is 1. The lowest BCUT2D eigenvalue weighted by molar-refractivity contribution is 0.490. The van der Waals surface area contributed by atoms with E-state index in [0.29, 0.717) is 6.54 Å². The van der Waals surface area contributed by atoms with E-state index < -0.39 is 0 Å². The Kier molecular flexibility index (Phi) is 4.58. The molecule has 6 heteroatoms. The summed E-state index contributed by atoms with van der Waals surface area (Å²) in [6.45, 7) is 3.37. The molecule has 0 radical (unpaired) electrons. The van der Waals surface area contributed by atoms with Crippen molar-refractivity contribution in [3.05, 3.63) is 41.3 Å². The third-order valence-corrected chi connectivity index (χ3v) is 3.98. The fourth-order valence-corrected chi connectivity index (χ4v) is 2.80. The van der Waals surface area contributed by atoms with Gasteiger partial charge in [-0.3, -0.25) is 4.98 Å². The van der Waals surface area contributed by atoms with Gasteiger partial charge in [0.25, 0.3) is 0 Å². The van der Waals surface area contributed by atoms with Gasteiger partial charge in [0.15, 0.2) is 0 Å². The molecule has 1 saturated heterocycles. The number of nitrogens with zero attached hydrogens (tertiary/aromatic N) is 5. The van der Waals surface area contributed by atoms with Crippen molar-refractivity contribution in [3.8, 4) is 17.9 Å². The Morgan fingerprint density at radius 2 is 2.21 bits per heavy atom. The van der Waals surface area contributed by atoms with Gasteiger partial charge in [0.05, 0.1) is 23.2 Å². The summed E-state index contributed by atoms with van der Waals surface area (Å²) in [5, 5.41) is 9.22. The zero-order valence-corrected chi connectivity index (χ0v) is 13.5. The molecule has 6 nitrogen and oxygen atoms in total. The quantitative estimate of drug-likeness (QED) is 0.807. The van der Waals surface area contributed by atoms with Crippen molar-refractivity contribution in [1.82, 2.24) is 15.0 Å². The monoisotopic (exact) mass is 318 g/mol. The summed E-state index contributed by atoms with van der Waals surface area (Å²) in [7, 11) is 0. The first kappa shape index (κ1) is 15.8. The SMILES string of the molecule is Cc1nc(N)nc(N2CCCC(C#N)C2)c1C#Cc1cccnc1. The molecule has 3 heterocycles. The Bertz CT molecular complexity index is 828. The maximum Gasteiger partial charge on any atom is 0.222 e. The van der Waals surface area contributed by atoms with Crippen LogP contribution < -0.4 is 10.6 Å². The zero-order chi connectivity index (χ0) is 16.9. The summed E-state index contributed by atoms with van der Waals surface area (Å²) in [5.74, 6) is 7.22. The van der Waals surface area contributed by atoms with Gasteiger partial charge in [-0.1, -0.05) is 11.8 Å². The van der Waals surface area contributed by atoms with Crippen LogP contribution in [0.2, 0.25) is 0 Å². The molecule has 1 unspecified atom stereocenters. The van der Waals surface area contributed by atoms with E-state index in [2.05, 4.69) is 37.8 Å². The second-order valence-corrected chi connectivity index (χ2v) is 5.77. The zero-order valence-electron chi connectivity index (χ0n) is 13.5. The van der Waals surface area contributed by atoms with Crippen molar-refractivity contribution in [2.24, 2.45) is 5.92 Å². The molecule has 120 valence electrons. The van der Waals surface area contributed by atoms with Gasteiger partial charge in [0.2, 0.25) is 5.95 Å². The molecule has 2 aromatic rings. The Morgan fingerprint density at radius 3 is 2.96 bits per heavy atom. The minimum absolute atomic E-state index is 0.00868. The fraction of sp³-hybridized carbons (Fsp3) is 0.333. The van der Waals surface area contributed by atoms with Crippen molar-refractivity contribution < 1.29 is 0 Å². The van der Waals surface area contributed by atoms with Crippen LogP contribution in [0.5, 0.6) is 0 Å². The largest absolute Gasteiger partial charge is 0.368 e. The van der Waals surface area contributed by atoms with Gasteiger partial charge >= 0.3 is 0 Å². The van der Waals surface area contributed by atoms with E-state index in [1.165, 1.54) is 0 Å². The van der Waals surface area contributed by atoms with Gasteiger partial charge in [-0.05, 0) is 31.9 Å². The van der Waals surface area contributed by atoms with Gasteiger partial charge in [-0.25, -0.2) is 4.98 Å². The molecule has 1 atom stereocenters. The highest BCUT2D eigenvalue weighted by atomic mass is 15.2. The van der Waals surface area contributed by atoms with Crippen LogP contribution in [0.1, 0.15) is 29.7 Å². The lowest BCUT2D eigenvalue weighted by Gasteiger charge is -2.31. The highest BCUT2D eigenvalue weighted by Gasteiger charge is 2.23. The number of hydrogen-bond acceptors (Lipinski definition) is 6.